The molecule has 0 aliphatic heterocycles. The largest absolute Gasteiger partial charge is 0.478 e. The molecule has 5 heteroatoms. The van der Waals surface area contributed by atoms with Crippen molar-refractivity contribution in [2.24, 2.45) is 5.73 Å². The fourth-order valence-electron chi connectivity index (χ4n) is 1.09. The Morgan fingerprint density at radius 1 is 1.57 bits per heavy atom. The Bertz CT molecular complexity index is 355. The molecule has 0 fully saturated rings. The van der Waals surface area contributed by atoms with Crippen molar-refractivity contribution in [3.05, 3.63) is 33.3 Å². The molecule has 0 amide bonds. The van der Waals surface area contributed by atoms with Crippen molar-refractivity contribution in [2.75, 3.05) is 0 Å². The van der Waals surface area contributed by atoms with Crippen LogP contribution in [0.1, 0.15) is 21.5 Å². The molecule has 0 heterocycles. The van der Waals surface area contributed by atoms with E-state index in [2.05, 4.69) is 15.9 Å². The van der Waals surface area contributed by atoms with Gasteiger partial charge in [-0.2, -0.15) is 0 Å². The van der Waals surface area contributed by atoms with E-state index in [1.807, 2.05) is 6.92 Å². The first-order valence-electron chi connectivity index (χ1n) is 3.78. The molecule has 3 N–H and O–H groups in total. The Kier molecular flexibility index (Phi) is 5.12. The van der Waals surface area contributed by atoms with E-state index in [9.17, 15) is 4.79 Å². The van der Waals surface area contributed by atoms with Gasteiger partial charge in [0.2, 0.25) is 0 Å². The normalized spacial score (nSPS) is 9.36. The summed E-state index contributed by atoms with van der Waals surface area (Å²) in [5, 5.41) is 8.84. The Hall–Kier alpha value is -0.580. The highest BCUT2D eigenvalue weighted by molar-refractivity contribution is 9.10. The lowest BCUT2D eigenvalue weighted by Gasteiger charge is -2.06. The summed E-state index contributed by atoms with van der Waals surface area (Å²) >= 11 is 3.32. The zero-order valence-corrected chi connectivity index (χ0v) is 9.98. The topological polar surface area (TPSA) is 63.3 Å². The van der Waals surface area contributed by atoms with Crippen LogP contribution < -0.4 is 5.73 Å². The molecule has 0 saturated heterocycles. The van der Waals surface area contributed by atoms with Crippen LogP contribution in [0.5, 0.6) is 0 Å². The van der Waals surface area contributed by atoms with Crippen LogP contribution in [0.25, 0.3) is 0 Å². The Morgan fingerprint density at radius 2 is 2.14 bits per heavy atom. The molecule has 0 aliphatic carbocycles. The van der Waals surface area contributed by atoms with Crippen LogP contribution in [0.15, 0.2) is 16.6 Å². The maximum atomic E-state index is 10.8. The molecular weight excluding hydrogens is 269 g/mol. The first kappa shape index (κ1) is 13.4. The van der Waals surface area contributed by atoms with E-state index in [0.717, 1.165) is 10.0 Å². The van der Waals surface area contributed by atoms with E-state index < -0.39 is 5.97 Å². The average Bonchev–Trinajstić information content (AvgIpc) is 2.08. The number of carbonyl (C=O) groups is 1. The predicted molar refractivity (Wildman–Crippen MR) is 61.0 cm³/mol. The number of aromatic carboxylic acids is 1. The van der Waals surface area contributed by atoms with Gasteiger partial charge in [-0.25, -0.2) is 4.79 Å². The zero-order chi connectivity index (χ0) is 10.0. The molecule has 0 bridgehead atoms. The molecule has 0 aromatic heterocycles. The van der Waals surface area contributed by atoms with Crippen molar-refractivity contribution in [2.45, 2.75) is 13.5 Å². The van der Waals surface area contributed by atoms with Gasteiger partial charge in [0.25, 0.3) is 0 Å². The molecule has 0 unspecified atom stereocenters. The lowest BCUT2D eigenvalue weighted by molar-refractivity contribution is 0.0695. The zero-order valence-electron chi connectivity index (χ0n) is 7.58. The molecule has 0 aliphatic rings. The van der Waals surface area contributed by atoms with Crippen molar-refractivity contribution in [1.82, 2.24) is 0 Å². The van der Waals surface area contributed by atoms with Gasteiger partial charge < -0.3 is 10.8 Å². The maximum absolute atomic E-state index is 10.8. The van der Waals surface area contributed by atoms with Crippen molar-refractivity contribution in [3.8, 4) is 0 Å². The predicted octanol–water partition coefficient (Wildman–Crippen LogP) is 2.34. The van der Waals surface area contributed by atoms with Gasteiger partial charge in [-0.3, -0.25) is 0 Å². The molecule has 78 valence electrons. The van der Waals surface area contributed by atoms with Gasteiger partial charge in [0.05, 0.1) is 5.56 Å². The highest BCUT2D eigenvalue weighted by Gasteiger charge is 2.10. The molecule has 14 heavy (non-hydrogen) atoms. The number of nitrogens with two attached hydrogens (primary N) is 1. The van der Waals surface area contributed by atoms with E-state index in [1.165, 1.54) is 0 Å². The summed E-state index contributed by atoms with van der Waals surface area (Å²) in [6, 6.07) is 3.37. The minimum Gasteiger partial charge on any atom is -0.478 e. The summed E-state index contributed by atoms with van der Waals surface area (Å²) in [4.78, 5) is 10.8. The van der Waals surface area contributed by atoms with Crippen LogP contribution in [0.2, 0.25) is 0 Å². The van der Waals surface area contributed by atoms with Crippen molar-refractivity contribution in [1.29, 1.82) is 0 Å². The third-order valence-electron chi connectivity index (χ3n) is 1.83. The molecule has 0 saturated carbocycles. The summed E-state index contributed by atoms with van der Waals surface area (Å²) in [7, 11) is 0. The molecular formula is C9H11BrClNO2. The van der Waals surface area contributed by atoms with Gasteiger partial charge in [-0.1, -0.05) is 15.9 Å². The van der Waals surface area contributed by atoms with Gasteiger partial charge in [0.15, 0.2) is 0 Å². The van der Waals surface area contributed by atoms with Gasteiger partial charge in [-0.05, 0) is 30.2 Å². The lowest BCUT2D eigenvalue weighted by atomic mass is 10.0. The van der Waals surface area contributed by atoms with Crippen LogP contribution in [-0.2, 0) is 6.54 Å². The number of aryl methyl sites for hydroxylation is 1. The number of benzene rings is 1. The summed E-state index contributed by atoms with van der Waals surface area (Å²) in [6.45, 7) is 2.08. The second-order valence-electron chi connectivity index (χ2n) is 2.77. The second kappa shape index (κ2) is 5.34. The summed E-state index contributed by atoms with van der Waals surface area (Å²) < 4.78 is 0.887. The monoisotopic (exact) mass is 279 g/mol. The lowest BCUT2D eigenvalue weighted by Crippen LogP contribution is -2.07. The minimum absolute atomic E-state index is 0. The van der Waals surface area contributed by atoms with E-state index in [1.54, 1.807) is 12.1 Å². The minimum atomic E-state index is -0.934. The van der Waals surface area contributed by atoms with E-state index in [4.69, 9.17) is 10.8 Å². The Balaban J connectivity index is 0.00000169. The highest BCUT2D eigenvalue weighted by atomic mass is 79.9. The van der Waals surface area contributed by atoms with Crippen molar-refractivity contribution in [3.63, 3.8) is 0 Å². The number of rotatable bonds is 2. The summed E-state index contributed by atoms with van der Waals surface area (Å²) in [5.74, 6) is -0.934. The number of halogens is 2. The molecule has 1 aromatic carbocycles. The second-order valence-corrected chi connectivity index (χ2v) is 3.62. The molecule has 0 radical (unpaired) electrons. The van der Waals surface area contributed by atoms with Gasteiger partial charge in [0, 0.05) is 11.0 Å². The van der Waals surface area contributed by atoms with Crippen molar-refractivity contribution < 1.29 is 9.90 Å². The van der Waals surface area contributed by atoms with Crippen LogP contribution >= 0.6 is 28.3 Å². The first-order chi connectivity index (χ1) is 6.06. The molecule has 1 aromatic rings. The first-order valence-corrected chi connectivity index (χ1v) is 4.58. The van der Waals surface area contributed by atoms with Gasteiger partial charge in [0.1, 0.15) is 0 Å². The van der Waals surface area contributed by atoms with Crippen LogP contribution in [-0.4, -0.2) is 11.1 Å². The Morgan fingerprint density at radius 3 is 2.57 bits per heavy atom. The average molecular weight is 281 g/mol. The SMILES string of the molecule is Cc1cc(C(=O)O)c(CN)cc1Br.Cl. The quantitative estimate of drug-likeness (QED) is 0.874. The van der Waals surface area contributed by atoms with Crippen molar-refractivity contribution >= 4 is 34.3 Å². The van der Waals surface area contributed by atoms with Crippen LogP contribution in [0.3, 0.4) is 0 Å². The third kappa shape index (κ3) is 2.70. The van der Waals surface area contributed by atoms with Gasteiger partial charge in [-0.15, -0.1) is 12.4 Å². The van der Waals surface area contributed by atoms with Gasteiger partial charge >= 0.3 is 5.97 Å². The number of carboxylic acid groups (broad SMARTS) is 1. The summed E-state index contributed by atoms with van der Waals surface area (Å²) in [5.41, 5.74) is 7.25. The fourth-order valence-corrected chi connectivity index (χ4v) is 1.48. The molecule has 0 atom stereocenters. The van der Waals surface area contributed by atoms with E-state index >= 15 is 0 Å². The van der Waals surface area contributed by atoms with Crippen LogP contribution in [0, 0.1) is 6.92 Å². The maximum Gasteiger partial charge on any atom is 0.336 e. The summed E-state index contributed by atoms with van der Waals surface area (Å²) in [6.07, 6.45) is 0. The number of carboxylic acids is 1. The van der Waals surface area contributed by atoms with Crippen LogP contribution in [0.4, 0.5) is 0 Å². The van der Waals surface area contributed by atoms with E-state index in [-0.39, 0.29) is 24.5 Å². The molecule has 0 spiro atoms. The number of hydrogen-bond acceptors (Lipinski definition) is 2. The standard InChI is InChI=1S/C9H10BrNO2.ClH/c1-5-2-7(9(12)13)6(4-11)3-8(5)10;/h2-3H,4,11H2,1H3,(H,12,13);1H. The fraction of sp³-hybridized carbons (Fsp3) is 0.222. The molecule has 1 rings (SSSR count). The van der Waals surface area contributed by atoms with E-state index in [0.29, 0.717) is 5.56 Å². The Labute approximate surface area is 96.8 Å². The molecule has 3 nitrogen and oxygen atoms in total. The third-order valence-corrected chi connectivity index (χ3v) is 2.69. The smallest absolute Gasteiger partial charge is 0.336 e. The highest BCUT2D eigenvalue weighted by Crippen LogP contribution is 2.21. The number of hydrogen-bond donors (Lipinski definition) is 2.